The van der Waals surface area contributed by atoms with Gasteiger partial charge in [0, 0.05) is 25.1 Å². The van der Waals surface area contributed by atoms with Gasteiger partial charge in [-0.05, 0) is 40.1 Å². The van der Waals surface area contributed by atoms with Gasteiger partial charge >= 0.3 is 0 Å². The summed E-state index contributed by atoms with van der Waals surface area (Å²) in [5, 5.41) is 0. The lowest BCUT2D eigenvalue weighted by atomic mass is 10.5. The monoisotopic (exact) mass is 286 g/mol. The molecule has 0 saturated carbocycles. The van der Waals surface area contributed by atoms with Crippen molar-refractivity contribution in [1.82, 2.24) is 9.47 Å². The van der Waals surface area contributed by atoms with Crippen LogP contribution in [0.25, 0.3) is 0 Å². The summed E-state index contributed by atoms with van der Waals surface area (Å²) in [6.07, 6.45) is 9.12. The summed E-state index contributed by atoms with van der Waals surface area (Å²) in [5.41, 5.74) is 0. The first-order valence-electron chi connectivity index (χ1n) is 4.76. The van der Waals surface area contributed by atoms with E-state index in [-0.39, 0.29) is 0 Å². The number of aromatic nitrogens is 1. The highest BCUT2D eigenvalue weighted by molar-refractivity contribution is 8.89. The Labute approximate surface area is 113 Å². The van der Waals surface area contributed by atoms with Gasteiger partial charge in [-0.25, -0.2) is 0 Å². The number of hydrogen-bond acceptors (Lipinski definition) is 4. The van der Waals surface area contributed by atoms with Crippen LogP contribution in [0.1, 0.15) is 6.42 Å². The lowest BCUT2D eigenvalue weighted by molar-refractivity contribution is 0.624. The van der Waals surface area contributed by atoms with Crippen molar-refractivity contribution in [2.45, 2.75) is 6.42 Å². The van der Waals surface area contributed by atoms with Gasteiger partial charge in [-0.1, -0.05) is 30.5 Å². The maximum absolute atomic E-state index is 5.31. The van der Waals surface area contributed by atoms with Gasteiger partial charge in [-0.15, -0.1) is 0 Å². The van der Waals surface area contributed by atoms with Crippen molar-refractivity contribution in [3.05, 3.63) is 36.8 Å². The van der Waals surface area contributed by atoms with Crippen molar-refractivity contribution in [3.63, 3.8) is 0 Å². The molecule has 0 spiro atoms. The first-order chi connectivity index (χ1) is 7.77. The summed E-state index contributed by atoms with van der Waals surface area (Å²) in [6, 6.07) is 3.91. The number of thiocarbonyl (C=S) groups is 2. The number of nitrogens with zero attached hydrogens (tertiary/aromatic N) is 2. The molecule has 1 aromatic rings. The van der Waals surface area contributed by atoms with Crippen LogP contribution in [0.4, 0.5) is 0 Å². The van der Waals surface area contributed by atoms with Gasteiger partial charge in [-0.3, -0.25) is 0 Å². The third-order valence-corrected chi connectivity index (χ3v) is 5.65. The average Bonchev–Trinajstić information content (AvgIpc) is 2.95. The van der Waals surface area contributed by atoms with Gasteiger partial charge in [0.25, 0.3) is 0 Å². The lowest BCUT2D eigenvalue weighted by Crippen LogP contribution is -2.18. The van der Waals surface area contributed by atoms with Crippen molar-refractivity contribution in [1.29, 1.82) is 0 Å². The summed E-state index contributed by atoms with van der Waals surface area (Å²) in [6.45, 7) is 0.989. The molecule has 0 N–H and O–H groups in total. The van der Waals surface area contributed by atoms with Crippen molar-refractivity contribution < 1.29 is 0 Å². The third-order valence-electron chi connectivity index (χ3n) is 2.06. The zero-order valence-corrected chi connectivity index (χ0v) is 11.7. The molecule has 0 amide bonds. The fourth-order valence-electron chi connectivity index (χ4n) is 1.26. The SMILES string of the molecule is S=C(SSC(=S)n1cccc1)N1C=CCC1. The van der Waals surface area contributed by atoms with Crippen LogP contribution < -0.4 is 0 Å². The van der Waals surface area contributed by atoms with Gasteiger partial charge in [-0.2, -0.15) is 0 Å². The van der Waals surface area contributed by atoms with Crippen LogP contribution >= 0.6 is 46.0 Å². The van der Waals surface area contributed by atoms with Crippen molar-refractivity contribution in [2.24, 2.45) is 0 Å². The highest BCUT2D eigenvalue weighted by Crippen LogP contribution is 2.28. The first-order valence-corrected chi connectivity index (χ1v) is 7.73. The van der Waals surface area contributed by atoms with Crippen LogP contribution in [0.15, 0.2) is 36.8 Å². The van der Waals surface area contributed by atoms with Crippen molar-refractivity contribution in [2.75, 3.05) is 6.54 Å². The van der Waals surface area contributed by atoms with Crippen LogP contribution in [0.2, 0.25) is 0 Å². The largest absolute Gasteiger partial charge is 0.333 e. The van der Waals surface area contributed by atoms with E-state index in [1.807, 2.05) is 35.3 Å². The van der Waals surface area contributed by atoms with Crippen molar-refractivity contribution in [3.8, 4) is 0 Å². The second-order valence-corrected chi connectivity index (χ2v) is 6.55. The zero-order chi connectivity index (χ0) is 11.4. The smallest absolute Gasteiger partial charge is 0.155 e. The van der Waals surface area contributed by atoms with Gasteiger partial charge in [0.1, 0.15) is 0 Å². The molecule has 84 valence electrons. The van der Waals surface area contributed by atoms with Crippen LogP contribution in [0, 0.1) is 0 Å². The Hall–Kier alpha value is -0.300. The molecule has 0 aromatic carbocycles. The first kappa shape index (κ1) is 12.2. The second-order valence-electron chi connectivity index (χ2n) is 3.16. The molecule has 0 unspecified atom stereocenters. The van der Waals surface area contributed by atoms with Gasteiger partial charge in [0.15, 0.2) is 8.64 Å². The van der Waals surface area contributed by atoms with E-state index in [9.17, 15) is 0 Å². The zero-order valence-electron chi connectivity index (χ0n) is 8.41. The standard InChI is InChI=1S/C10H10N2S4/c13-9(11-5-1-2-6-11)15-16-10(14)12-7-3-4-8-12/h1-3,5-7H,4,8H2. The molecule has 0 bridgehead atoms. The summed E-state index contributed by atoms with van der Waals surface area (Å²) < 4.78 is 3.59. The van der Waals surface area contributed by atoms with E-state index in [0.717, 1.165) is 21.6 Å². The van der Waals surface area contributed by atoms with Crippen LogP contribution in [-0.2, 0) is 0 Å². The Morgan fingerprint density at radius 3 is 2.38 bits per heavy atom. The van der Waals surface area contributed by atoms with Gasteiger partial charge in [0.05, 0.1) is 0 Å². The molecular weight excluding hydrogens is 276 g/mol. The van der Waals surface area contributed by atoms with E-state index < -0.39 is 0 Å². The second kappa shape index (κ2) is 5.86. The van der Waals surface area contributed by atoms with E-state index in [0.29, 0.717) is 0 Å². The molecule has 2 rings (SSSR count). The van der Waals surface area contributed by atoms with Gasteiger partial charge in [0.2, 0.25) is 0 Å². The minimum absolute atomic E-state index is 0.806. The fourth-order valence-corrected chi connectivity index (χ4v) is 3.72. The Kier molecular flexibility index (Phi) is 4.45. The van der Waals surface area contributed by atoms with Crippen LogP contribution in [0.3, 0.4) is 0 Å². The number of rotatable bonds is 0. The molecule has 0 fully saturated rings. The minimum atomic E-state index is 0.806. The molecule has 0 atom stereocenters. The fraction of sp³-hybridized carbons (Fsp3) is 0.200. The van der Waals surface area contributed by atoms with E-state index in [1.54, 1.807) is 10.8 Å². The minimum Gasteiger partial charge on any atom is -0.333 e. The molecule has 6 heteroatoms. The van der Waals surface area contributed by atoms with Crippen molar-refractivity contribution >= 4 is 54.7 Å². The van der Waals surface area contributed by atoms with Gasteiger partial charge < -0.3 is 9.47 Å². The summed E-state index contributed by atoms with van der Waals surface area (Å²) in [4.78, 5) is 2.07. The van der Waals surface area contributed by atoms with E-state index in [1.165, 1.54) is 10.8 Å². The molecule has 1 aliphatic rings. The average molecular weight is 286 g/mol. The molecule has 0 saturated heterocycles. The molecule has 0 radical (unpaired) electrons. The number of hydrogen-bond donors (Lipinski definition) is 0. The van der Waals surface area contributed by atoms with Crippen LogP contribution in [-0.4, -0.2) is 24.7 Å². The van der Waals surface area contributed by atoms with E-state index in [4.69, 9.17) is 24.4 Å². The maximum Gasteiger partial charge on any atom is 0.155 e. The molecule has 16 heavy (non-hydrogen) atoms. The topological polar surface area (TPSA) is 8.17 Å². The summed E-state index contributed by atoms with van der Waals surface area (Å²) in [5.74, 6) is 0. The summed E-state index contributed by atoms with van der Waals surface area (Å²) in [7, 11) is 3.06. The predicted octanol–water partition coefficient (Wildman–Crippen LogP) is 3.51. The highest BCUT2D eigenvalue weighted by atomic mass is 33.1. The Morgan fingerprint density at radius 1 is 1.06 bits per heavy atom. The Bertz CT molecular complexity index is 410. The summed E-state index contributed by atoms with van der Waals surface area (Å²) >= 11 is 10.6. The third kappa shape index (κ3) is 3.10. The molecule has 0 aliphatic carbocycles. The predicted molar refractivity (Wildman–Crippen MR) is 80.7 cm³/mol. The Balaban J connectivity index is 1.81. The highest BCUT2D eigenvalue weighted by Gasteiger charge is 2.12. The molecule has 1 aromatic heterocycles. The van der Waals surface area contributed by atoms with E-state index in [2.05, 4.69) is 11.0 Å². The van der Waals surface area contributed by atoms with E-state index >= 15 is 0 Å². The molecule has 1 aliphatic heterocycles. The maximum atomic E-state index is 5.31. The quantitative estimate of drug-likeness (QED) is 0.531. The molecule has 2 nitrogen and oxygen atoms in total. The molecular formula is C10H10N2S4. The lowest BCUT2D eigenvalue weighted by Gasteiger charge is -2.15. The van der Waals surface area contributed by atoms with Crippen LogP contribution in [0.5, 0.6) is 0 Å². The Morgan fingerprint density at radius 2 is 1.75 bits per heavy atom. The normalized spacial score (nSPS) is 14.4. The molecule has 2 heterocycles.